The van der Waals surface area contributed by atoms with Gasteiger partial charge in [-0.15, -0.1) is 0 Å². The standard InChI is InChI=1S/2C20H22N2O3/c2*1-2-24-16-9-5-14(6-10-16)20(23)22-15-7-3-13(4-8-15)19-18-11-17(25-19)12-21-18/h2*3-10,17-19,21H,2,11-12H2,1H3,(H,22,23)/t2*17-,18-,19+/m10/s1. The van der Waals surface area contributed by atoms with Crippen molar-refractivity contribution in [2.75, 3.05) is 36.9 Å². The highest BCUT2D eigenvalue weighted by atomic mass is 16.5. The minimum Gasteiger partial charge on any atom is -0.494 e. The molecule has 0 aromatic heterocycles. The number of carbonyl (C=O) groups is 2. The highest BCUT2D eigenvalue weighted by Gasteiger charge is 2.42. The molecule has 6 atom stereocenters. The zero-order valence-corrected chi connectivity index (χ0v) is 28.4. The number of amides is 2. The lowest BCUT2D eigenvalue weighted by molar-refractivity contribution is 0.0159. The summed E-state index contributed by atoms with van der Waals surface area (Å²) in [5.41, 5.74) is 5.07. The number of morpholine rings is 2. The predicted molar refractivity (Wildman–Crippen MR) is 192 cm³/mol. The van der Waals surface area contributed by atoms with Gasteiger partial charge >= 0.3 is 0 Å². The summed E-state index contributed by atoms with van der Waals surface area (Å²) in [5, 5.41) is 12.8. The van der Waals surface area contributed by atoms with Gasteiger partial charge in [0.05, 0.1) is 37.6 Å². The van der Waals surface area contributed by atoms with E-state index in [0.717, 1.165) is 59.9 Å². The van der Waals surface area contributed by atoms with Gasteiger partial charge < -0.3 is 40.2 Å². The van der Waals surface area contributed by atoms with Crippen molar-refractivity contribution in [2.45, 2.75) is 63.2 Å². The van der Waals surface area contributed by atoms with Crippen LogP contribution in [0.4, 0.5) is 11.4 Å². The molecule has 50 heavy (non-hydrogen) atoms. The second-order valence-corrected chi connectivity index (χ2v) is 12.9. The Kier molecular flexibility index (Phi) is 10.4. The van der Waals surface area contributed by atoms with Gasteiger partial charge in [0.2, 0.25) is 0 Å². The summed E-state index contributed by atoms with van der Waals surface area (Å²) in [6.07, 6.45) is 3.09. The van der Waals surface area contributed by atoms with E-state index in [-0.39, 0.29) is 24.0 Å². The number of anilines is 2. The van der Waals surface area contributed by atoms with E-state index in [2.05, 4.69) is 21.3 Å². The monoisotopic (exact) mass is 676 g/mol. The highest BCUT2D eigenvalue weighted by Crippen LogP contribution is 2.38. The maximum absolute atomic E-state index is 12.3. The molecule has 0 spiro atoms. The van der Waals surface area contributed by atoms with Gasteiger partial charge in [-0.05, 0) is 111 Å². The van der Waals surface area contributed by atoms with Crippen molar-refractivity contribution in [1.29, 1.82) is 0 Å². The van der Waals surface area contributed by atoms with E-state index in [1.165, 1.54) is 0 Å². The Hall–Kier alpha value is -4.74. The van der Waals surface area contributed by atoms with Crippen molar-refractivity contribution in [3.63, 3.8) is 0 Å². The van der Waals surface area contributed by atoms with Crippen LogP contribution in [0.15, 0.2) is 97.1 Å². The van der Waals surface area contributed by atoms with Gasteiger partial charge in [0.25, 0.3) is 11.8 Å². The molecule has 4 heterocycles. The van der Waals surface area contributed by atoms with E-state index in [0.29, 0.717) is 48.6 Å². The molecular formula is C40H44N4O6. The quantitative estimate of drug-likeness (QED) is 0.155. The Morgan fingerprint density at radius 3 is 1.28 bits per heavy atom. The number of nitrogens with one attached hydrogen (secondary N) is 4. The van der Waals surface area contributed by atoms with Gasteiger partial charge in [-0.1, -0.05) is 24.3 Å². The summed E-state index contributed by atoms with van der Waals surface area (Å²) < 4.78 is 22.8. The number of hydrogen-bond donors (Lipinski definition) is 4. The molecular weight excluding hydrogens is 632 g/mol. The number of carbonyl (C=O) groups excluding carboxylic acids is 2. The SMILES string of the molecule is CCOc1ccc(C(=O)Nc2ccc([C@@H]3O[C@H]4CN[C@@H]3C4)cc2)cc1.CCOc1ccc(C(=O)Nc2ccc([C@H]3O[C@@H]4CN[C@H]3C4)cc2)cc1. The second kappa shape index (κ2) is 15.4. The lowest BCUT2D eigenvalue weighted by Gasteiger charge is -2.23. The molecule has 4 aromatic rings. The van der Waals surface area contributed by atoms with Crippen LogP contribution in [0.25, 0.3) is 0 Å². The second-order valence-electron chi connectivity index (χ2n) is 12.9. The first kappa shape index (κ1) is 33.7. The molecule has 4 bridgehead atoms. The fraction of sp³-hybridized carbons (Fsp3) is 0.350. The van der Waals surface area contributed by atoms with Crippen molar-refractivity contribution in [2.24, 2.45) is 0 Å². The van der Waals surface area contributed by atoms with Crippen molar-refractivity contribution >= 4 is 23.2 Å². The molecule has 2 amide bonds. The summed E-state index contributed by atoms with van der Waals surface area (Å²) in [6, 6.07) is 30.9. The highest BCUT2D eigenvalue weighted by molar-refractivity contribution is 6.05. The zero-order chi connectivity index (χ0) is 34.5. The number of benzene rings is 4. The Labute approximate surface area is 292 Å². The van der Waals surface area contributed by atoms with Crippen LogP contribution in [0.2, 0.25) is 0 Å². The van der Waals surface area contributed by atoms with Crippen LogP contribution in [0.1, 0.15) is 70.7 Å². The lowest BCUT2D eigenvalue weighted by atomic mass is 10.0. The summed E-state index contributed by atoms with van der Waals surface area (Å²) in [6.45, 7) is 7.00. The van der Waals surface area contributed by atoms with E-state index < -0.39 is 0 Å². The molecule has 0 aliphatic carbocycles. The average molecular weight is 677 g/mol. The molecule has 0 radical (unpaired) electrons. The average Bonchev–Trinajstić information content (AvgIpc) is 3.98. The lowest BCUT2D eigenvalue weighted by Crippen LogP contribution is -2.33. The third-order valence-electron chi connectivity index (χ3n) is 9.51. The number of ether oxygens (including phenoxy) is 4. The Morgan fingerprint density at radius 2 is 0.980 bits per heavy atom. The molecule has 4 N–H and O–H groups in total. The molecule has 0 saturated carbocycles. The van der Waals surface area contributed by atoms with Crippen molar-refractivity contribution in [3.8, 4) is 11.5 Å². The largest absolute Gasteiger partial charge is 0.494 e. The van der Waals surface area contributed by atoms with Gasteiger partial charge in [0.1, 0.15) is 11.5 Å². The Morgan fingerprint density at radius 1 is 0.600 bits per heavy atom. The number of hydrogen-bond acceptors (Lipinski definition) is 8. The maximum Gasteiger partial charge on any atom is 0.255 e. The molecule has 8 rings (SSSR count). The molecule has 10 nitrogen and oxygen atoms in total. The fourth-order valence-electron chi connectivity index (χ4n) is 7.02. The van der Waals surface area contributed by atoms with Crippen LogP contribution in [-0.4, -0.2) is 62.4 Å². The van der Waals surface area contributed by atoms with Crippen LogP contribution in [-0.2, 0) is 9.47 Å². The van der Waals surface area contributed by atoms with Crippen molar-refractivity contribution in [3.05, 3.63) is 119 Å². The minimum absolute atomic E-state index is 0.120. The fourth-order valence-corrected chi connectivity index (χ4v) is 7.02. The first-order valence-corrected chi connectivity index (χ1v) is 17.5. The van der Waals surface area contributed by atoms with Gasteiger partial charge in [0.15, 0.2) is 0 Å². The third kappa shape index (κ3) is 7.84. The molecule has 4 saturated heterocycles. The first-order valence-electron chi connectivity index (χ1n) is 17.5. The normalized spacial score (nSPS) is 24.3. The Bertz CT molecular complexity index is 1620. The predicted octanol–water partition coefficient (Wildman–Crippen LogP) is 6.28. The molecule has 260 valence electrons. The van der Waals surface area contributed by atoms with Crippen LogP contribution in [0, 0.1) is 0 Å². The smallest absolute Gasteiger partial charge is 0.255 e. The van der Waals surface area contributed by atoms with Crippen molar-refractivity contribution < 1.29 is 28.5 Å². The van der Waals surface area contributed by atoms with Crippen LogP contribution >= 0.6 is 0 Å². The topological polar surface area (TPSA) is 119 Å². The van der Waals surface area contributed by atoms with E-state index in [1.54, 1.807) is 48.5 Å². The molecule has 10 heteroatoms. The number of fused-ring (bicyclic) bond motifs is 4. The summed E-state index contributed by atoms with van der Waals surface area (Å²) >= 11 is 0. The molecule has 4 fully saturated rings. The molecule has 4 aliphatic rings. The summed E-state index contributed by atoms with van der Waals surface area (Å²) in [7, 11) is 0. The number of rotatable bonds is 10. The van der Waals surface area contributed by atoms with Gasteiger partial charge in [-0.2, -0.15) is 0 Å². The van der Waals surface area contributed by atoms with Crippen molar-refractivity contribution in [1.82, 2.24) is 10.6 Å². The maximum atomic E-state index is 12.3. The zero-order valence-electron chi connectivity index (χ0n) is 28.4. The molecule has 4 aromatic carbocycles. The van der Waals surface area contributed by atoms with E-state index in [4.69, 9.17) is 18.9 Å². The molecule has 4 aliphatic heterocycles. The van der Waals surface area contributed by atoms with Gasteiger partial charge in [0, 0.05) is 47.7 Å². The minimum atomic E-state index is -0.131. The first-order chi connectivity index (χ1) is 24.4. The summed E-state index contributed by atoms with van der Waals surface area (Å²) in [4.78, 5) is 24.7. The van der Waals surface area contributed by atoms with Crippen LogP contribution in [0.3, 0.4) is 0 Å². The van der Waals surface area contributed by atoms with Crippen LogP contribution in [0.5, 0.6) is 11.5 Å². The summed E-state index contributed by atoms with van der Waals surface area (Å²) in [5.74, 6) is 1.27. The third-order valence-corrected chi connectivity index (χ3v) is 9.51. The molecule has 0 unspecified atom stereocenters. The Balaban J connectivity index is 0.000000157. The van der Waals surface area contributed by atoms with E-state index >= 15 is 0 Å². The van der Waals surface area contributed by atoms with Gasteiger partial charge in [-0.25, -0.2) is 0 Å². The van der Waals surface area contributed by atoms with E-state index in [9.17, 15) is 9.59 Å². The van der Waals surface area contributed by atoms with Crippen LogP contribution < -0.4 is 30.7 Å². The van der Waals surface area contributed by atoms with E-state index in [1.807, 2.05) is 62.4 Å². The van der Waals surface area contributed by atoms with Gasteiger partial charge in [-0.3, -0.25) is 9.59 Å².